The maximum absolute atomic E-state index is 14.3. The molecule has 0 amide bonds. The van der Waals surface area contributed by atoms with Crippen LogP contribution in [0.5, 0.6) is 5.75 Å². The summed E-state index contributed by atoms with van der Waals surface area (Å²) in [4.78, 5) is 11.5. The predicted molar refractivity (Wildman–Crippen MR) is 88.7 cm³/mol. The van der Waals surface area contributed by atoms with Gasteiger partial charge in [0.1, 0.15) is 11.6 Å². The first kappa shape index (κ1) is 19.6. The van der Waals surface area contributed by atoms with Gasteiger partial charge in [0.2, 0.25) is 0 Å². The lowest BCUT2D eigenvalue weighted by molar-refractivity contribution is -0.122. The van der Waals surface area contributed by atoms with Crippen LogP contribution < -0.4 is 4.74 Å². The number of hydrogen-bond acceptors (Lipinski definition) is 2. The summed E-state index contributed by atoms with van der Waals surface area (Å²) >= 11 is 0. The fourth-order valence-electron chi connectivity index (χ4n) is 2.24. The van der Waals surface area contributed by atoms with Crippen molar-refractivity contribution < 1.29 is 18.3 Å². The topological polar surface area (TPSA) is 26.3 Å². The smallest absolute Gasteiger partial charge is 0.171 e. The molecule has 0 aromatic heterocycles. The van der Waals surface area contributed by atoms with E-state index < -0.39 is 11.6 Å². The van der Waals surface area contributed by atoms with Gasteiger partial charge in [0.05, 0.1) is 6.61 Å². The van der Waals surface area contributed by atoms with Gasteiger partial charge in [0.25, 0.3) is 0 Å². The van der Waals surface area contributed by atoms with E-state index in [0.29, 0.717) is 25.9 Å². The van der Waals surface area contributed by atoms with Crippen LogP contribution in [0.4, 0.5) is 8.78 Å². The predicted octanol–water partition coefficient (Wildman–Crippen LogP) is 5.33. The maximum Gasteiger partial charge on any atom is 0.171 e. The summed E-state index contributed by atoms with van der Waals surface area (Å²) in [6.07, 6.45) is 3.08. The molecule has 0 aliphatic heterocycles. The van der Waals surface area contributed by atoms with Crippen LogP contribution in [0.2, 0.25) is 0 Å². The lowest BCUT2D eigenvalue weighted by atomic mass is 10.0. The molecule has 0 saturated carbocycles. The van der Waals surface area contributed by atoms with Crippen molar-refractivity contribution in [3.63, 3.8) is 0 Å². The SMILES string of the molecule is CC(C)COc1ccc(F)c(CCCCCC(=O)C(C)C)c1F. The summed E-state index contributed by atoms with van der Waals surface area (Å²) in [7, 11) is 0. The highest BCUT2D eigenvalue weighted by Gasteiger charge is 2.15. The molecule has 0 saturated heterocycles. The Morgan fingerprint density at radius 2 is 1.78 bits per heavy atom. The number of carbonyl (C=O) groups excluding carboxylic acids is 1. The second kappa shape index (κ2) is 9.64. The Bertz CT molecular complexity index is 510. The van der Waals surface area contributed by atoms with E-state index in [0.717, 1.165) is 12.8 Å². The van der Waals surface area contributed by atoms with Crippen molar-refractivity contribution in [2.45, 2.75) is 59.8 Å². The number of rotatable bonds is 10. The van der Waals surface area contributed by atoms with Gasteiger partial charge in [0.15, 0.2) is 11.6 Å². The lowest BCUT2D eigenvalue weighted by Crippen LogP contribution is -2.08. The molecular weight excluding hydrogens is 298 g/mol. The van der Waals surface area contributed by atoms with Gasteiger partial charge < -0.3 is 4.74 Å². The number of ketones is 1. The Morgan fingerprint density at radius 1 is 1.09 bits per heavy atom. The maximum atomic E-state index is 14.3. The molecule has 0 aliphatic carbocycles. The molecule has 2 nitrogen and oxygen atoms in total. The molecule has 1 aromatic rings. The van der Waals surface area contributed by atoms with Gasteiger partial charge in [-0.25, -0.2) is 8.78 Å². The van der Waals surface area contributed by atoms with Crippen LogP contribution in [0.25, 0.3) is 0 Å². The van der Waals surface area contributed by atoms with Crippen molar-refractivity contribution in [1.29, 1.82) is 0 Å². The van der Waals surface area contributed by atoms with Crippen molar-refractivity contribution in [1.82, 2.24) is 0 Å². The van der Waals surface area contributed by atoms with Crippen LogP contribution in [0.1, 0.15) is 58.9 Å². The highest BCUT2D eigenvalue weighted by Crippen LogP contribution is 2.25. The van der Waals surface area contributed by atoms with Crippen LogP contribution in [0.3, 0.4) is 0 Å². The third-order valence-electron chi connectivity index (χ3n) is 3.72. The number of benzene rings is 1. The van der Waals surface area contributed by atoms with E-state index in [4.69, 9.17) is 4.74 Å². The van der Waals surface area contributed by atoms with Crippen molar-refractivity contribution in [3.8, 4) is 5.75 Å². The summed E-state index contributed by atoms with van der Waals surface area (Å²) < 4.78 is 33.5. The molecular formula is C19H28F2O2. The summed E-state index contributed by atoms with van der Waals surface area (Å²) in [5.74, 6) is -0.431. The molecule has 0 spiro atoms. The van der Waals surface area contributed by atoms with Gasteiger partial charge in [0, 0.05) is 17.9 Å². The van der Waals surface area contributed by atoms with Crippen LogP contribution in [-0.4, -0.2) is 12.4 Å². The molecule has 130 valence electrons. The fourth-order valence-corrected chi connectivity index (χ4v) is 2.24. The van der Waals surface area contributed by atoms with Crippen molar-refractivity contribution in [2.24, 2.45) is 11.8 Å². The minimum atomic E-state index is -0.594. The molecule has 0 unspecified atom stereocenters. The van der Waals surface area contributed by atoms with E-state index in [1.54, 1.807) is 0 Å². The third-order valence-corrected chi connectivity index (χ3v) is 3.72. The first-order chi connectivity index (χ1) is 10.8. The van der Waals surface area contributed by atoms with Gasteiger partial charge >= 0.3 is 0 Å². The molecule has 0 atom stereocenters. The van der Waals surface area contributed by atoms with Crippen LogP contribution in [0.15, 0.2) is 12.1 Å². The summed E-state index contributed by atoms with van der Waals surface area (Å²) in [5.41, 5.74) is 0.0847. The lowest BCUT2D eigenvalue weighted by Gasteiger charge is -2.12. The molecule has 23 heavy (non-hydrogen) atoms. The molecule has 4 heteroatoms. The monoisotopic (exact) mass is 326 g/mol. The second-order valence-corrected chi connectivity index (χ2v) is 6.72. The van der Waals surface area contributed by atoms with E-state index >= 15 is 0 Å². The van der Waals surface area contributed by atoms with Gasteiger partial charge in [-0.2, -0.15) is 0 Å². The zero-order valence-corrected chi connectivity index (χ0v) is 14.6. The standard InChI is InChI=1S/C19H28F2O2/c1-13(2)12-23-18-11-10-16(20)15(19(18)21)8-6-5-7-9-17(22)14(3)4/h10-11,13-14H,5-9,12H2,1-4H3. The molecule has 0 N–H and O–H groups in total. The van der Waals surface area contributed by atoms with E-state index in [1.165, 1.54) is 12.1 Å². The molecule has 0 radical (unpaired) electrons. The second-order valence-electron chi connectivity index (χ2n) is 6.72. The van der Waals surface area contributed by atoms with E-state index in [9.17, 15) is 13.6 Å². The number of unbranched alkanes of at least 4 members (excludes halogenated alkanes) is 2. The first-order valence-electron chi connectivity index (χ1n) is 8.45. The Hall–Kier alpha value is -1.45. The highest BCUT2D eigenvalue weighted by atomic mass is 19.1. The van der Waals surface area contributed by atoms with Crippen molar-refractivity contribution in [3.05, 3.63) is 29.3 Å². The fraction of sp³-hybridized carbons (Fsp3) is 0.632. The Labute approximate surface area is 138 Å². The zero-order chi connectivity index (χ0) is 17.4. The van der Waals surface area contributed by atoms with Crippen LogP contribution in [0, 0.1) is 23.5 Å². The number of halogens is 2. The van der Waals surface area contributed by atoms with Crippen LogP contribution in [-0.2, 0) is 11.2 Å². The average Bonchev–Trinajstić information content (AvgIpc) is 2.48. The average molecular weight is 326 g/mol. The van der Waals surface area contributed by atoms with Crippen molar-refractivity contribution >= 4 is 5.78 Å². The van der Waals surface area contributed by atoms with Gasteiger partial charge in [-0.1, -0.05) is 34.1 Å². The Balaban J connectivity index is 2.52. The highest BCUT2D eigenvalue weighted by molar-refractivity contribution is 5.80. The molecule has 1 aromatic carbocycles. The van der Waals surface area contributed by atoms with Gasteiger partial charge in [-0.3, -0.25) is 4.79 Å². The summed E-state index contributed by atoms with van der Waals surface area (Å²) in [5, 5.41) is 0. The molecule has 0 fully saturated rings. The summed E-state index contributed by atoms with van der Waals surface area (Å²) in [6.45, 7) is 8.12. The Morgan fingerprint density at radius 3 is 2.39 bits per heavy atom. The molecule has 0 aliphatic rings. The third kappa shape index (κ3) is 6.67. The van der Waals surface area contributed by atoms with Crippen LogP contribution >= 0.6 is 0 Å². The van der Waals surface area contributed by atoms with E-state index in [-0.39, 0.29) is 28.9 Å². The largest absolute Gasteiger partial charge is 0.490 e. The zero-order valence-electron chi connectivity index (χ0n) is 14.6. The molecule has 0 bridgehead atoms. The normalized spacial score (nSPS) is 11.3. The minimum absolute atomic E-state index is 0.0553. The van der Waals surface area contributed by atoms with Gasteiger partial charge in [-0.05, 0) is 37.3 Å². The number of Topliss-reactive ketones (excluding diaryl/α,β-unsaturated/α-hetero) is 1. The summed E-state index contributed by atoms with van der Waals surface area (Å²) in [6, 6.07) is 2.61. The van der Waals surface area contributed by atoms with E-state index in [2.05, 4.69) is 0 Å². The number of hydrogen-bond donors (Lipinski definition) is 0. The number of ether oxygens (including phenoxy) is 1. The molecule has 1 rings (SSSR count). The minimum Gasteiger partial charge on any atom is -0.490 e. The first-order valence-corrected chi connectivity index (χ1v) is 8.45. The molecule has 0 heterocycles. The van der Waals surface area contributed by atoms with E-state index in [1.807, 2.05) is 27.7 Å². The van der Waals surface area contributed by atoms with Gasteiger partial charge in [-0.15, -0.1) is 0 Å². The Kier molecular flexibility index (Phi) is 8.21. The number of carbonyl (C=O) groups is 1. The van der Waals surface area contributed by atoms with Crippen molar-refractivity contribution in [2.75, 3.05) is 6.61 Å². The quantitative estimate of drug-likeness (QED) is 0.543.